The van der Waals surface area contributed by atoms with Crippen LogP contribution in [-0.2, 0) is 6.54 Å². The summed E-state index contributed by atoms with van der Waals surface area (Å²) in [7, 11) is 0. The smallest absolute Gasteiger partial charge is 0.263 e. The number of amides is 1. The molecule has 1 fully saturated rings. The molecule has 4 nitrogen and oxygen atoms in total. The van der Waals surface area contributed by atoms with Crippen molar-refractivity contribution in [2.24, 2.45) is 0 Å². The Hall–Kier alpha value is -0.940. The van der Waals surface area contributed by atoms with Gasteiger partial charge in [-0.2, -0.15) is 0 Å². The van der Waals surface area contributed by atoms with E-state index in [4.69, 9.17) is 0 Å². The Morgan fingerprint density at radius 3 is 2.80 bits per heavy atom. The molecule has 0 atom stereocenters. The Morgan fingerprint density at radius 1 is 1.35 bits per heavy atom. The van der Waals surface area contributed by atoms with Crippen LogP contribution in [0, 0.1) is 6.92 Å². The monoisotopic (exact) mass is 295 g/mol. The van der Waals surface area contributed by atoms with E-state index in [0.717, 1.165) is 48.2 Å². The quantitative estimate of drug-likeness (QED) is 0.787. The maximum absolute atomic E-state index is 12.1. The first-order valence-electron chi connectivity index (χ1n) is 7.67. The first-order chi connectivity index (χ1) is 9.70. The normalized spacial score (nSPS) is 15.7. The molecule has 1 amide bonds. The summed E-state index contributed by atoms with van der Waals surface area (Å²) in [6, 6.07) is 0. The van der Waals surface area contributed by atoms with E-state index in [9.17, 15) is 4.79 Å². The molecule has 1 aliphatic heterocycles. The third kappa shape index (κ3) is 4.28. The molecule has 0 bridgehead atoms. The van der Waals surface area contributed by atoms with Crippen LogP contribution in [0.1, 0.15) is 59.4 Å². The molecule has 2 rings (SSSR count). The van der Waals surface area contributed by atoms with E-state index in [-0.39, 0.29) is 5.91 Å². The molecule has 1 aromatic rings. The Balaban J connectivity index is 1.87. The van der Waals surface area contributed by atoms with Crippen molar-refractivity contribution in [3.8, 4) is 0 Å². The standard InChI is InChI=1S/C15H25N3OS/c1-3-4-5-8-16-15(19)14-12(2)17-13(20-14)11-18-9-6-7-10-18/h3-11H2,1-2H3,(H,16,19). The molecule has 20 heavy (non-hydrogen) atoms. The molecule has 0 radical (unpaired) electrons. The number of rotatable bonds is 7. The number of likely N-dealkylation sites (tertiary alicyclic amines) is 1. The molecular formula is C15H25N3OS. The molecule has 0 saturated carbocycles. The predicted molar refractivity (Wildman–Crippen MR) is 83.2 cm³/mol. The van der Waals surface area contributed by atoms with E-state index in [2.05, 4.69) is 22.1 Å². The zero-order valence-electron chi connectivity index (χ0n) is 12.6. The summed E-state index contributed by atoms with van der Waals surface area (Å²) >= 11 is 1.55. The lowest BCUT2D eigenvalue weighted by molar-refractivity contribution is 0.0956. The second-order valence-electron chi connectivity index (χ2n) is 5.47. The number of thiazole rings is 1. The number of hydrogen-bond donors (Lipinski definition) is 1. The molecule has 112 valence electrons. The molecule has 1 N–H and O–H groups in total. The predicted octanol–water partition coefficient (Wildman–Crippen LogP) is 2.97. The van der Waals surface area contributed by atoms with Gasteiger partial charge in [0.1, 0.15) is 9.88 Å². The fourth-order valence-electron chi connectivity index (χ4n) is 2.52. The van der Waals surface area contributed by atoms with Gasteiger partial charge in [0.25, 0.3) is 5.91 Å². The Bertz CT molecular complexity index is 438. The van der Waals surface area contributed by atoms with Gasteiger partial charge in [-0.1, -0.05) is 19.8 Å². The van der Waals surface area contributed by atoms with Gasteiger partial charge in [0.15, 0.2) is 0 Å². The highest BCUT2D eigenvalue weighted by atomic mass is 32.1. The van der Waals surface area contributed by atoms with Crippen LogP contribution < -0.4 is 5.32 Å². The van der Waals surface area contributed by atoms with Crippen LogP contribution in [-0.4, -0.2) is 35.4 Å². The summed E-state index contributed by atoms with van der Waals surface area (Å²) in [5, 5.41) is 4.07. The number of unbranched alkanes of at least 4 members (excludes halogenated alkanes) is 2. The van der Waals surface area contributed by atoms with Crippen LogP contribution in [0.25, 0.3) is 0 Å². The van der Waals surface area contributed by atoms with E-state index in [0.29, 0.717) is 0 Å². The first kappa shape index (κ1) is 15.4. The summed E-state index contributed by atoms with van der Waals surface area (Å²) < 4.78 is 0. The minimum absolute atomic E-state index is 0.0452. The second-order valence-corrected chi connectivity index (χ2v) is 6.55. The summed E-state index contributed by atoms with van der Waals surface area (Å²) in [6.07, 6.45) is 5.97. The van der Waals surface area contributed by atoms with Gasteiger partial charge in [-0.05, 0) is 39.3 Å². The number of aromatic nitrogens is 1. The number of hydrogen-bond acceptors (Lipinski definition) is 4. The Labute approximate surface area is 125 Å². The highest BCUT2D eigenvalue weighted by molar-refractivity contribution is 7.13. The summed E-state index contributed by atoms with van der Waals surface area (Å²) in [4.78, 5) is 19.9. The van der Waals surface area contributed by atoms with Crippen molar-refractivity contribution in [1.29, 1.82) is 0 Å². The van der Waals surface area contributed by atoms with Crippen molar-refractivity contribution in [2.45, 2.75) is 52.5 Å². The third-order valence-corrected chi connectivity index (χ3v) is 4.81. The van der Waals surface area contributed by atoms with Crippen LogP contribution in [0.15, 0.2) is 0 Å². The molecule has 0 aliphatic carbocycles. The van der Waals surface area contributed by atoms with Crippen LogP contribution in [0.2, 0.25) is 0 Å². The maximum atomic E-state index is 12.1. The van der Waals surface area contributed by atoms with Crippen LogP contribution >= 0.6 is 11.3 Å². The van der Waals surface area contributed by atoms with Crippen molar-refractivity contribution in [2.75, 3.05) is 19.6 Å². The van der Waals surface area contributed by atoms with Crippen molar-refractivity contribution < 1.29 is 4.79 Å². The summed E-state index contributed by atoms with van der Waals surface area (Å²) in [5.41, 5.74) is 0.872. The van der Waals surface area contributed by atoms with Crippen LogP contribution in [0.3, 0.4) is 0 Å². The topological polar surface area (TPSA) is 45.2 Å². The van der Waals surface area contributed by atoms with Gasteiger partial charge in [0.2, 0.25) is 0 Å². The molecular weight excluding hydrogens is 270 g/mol. The molecule has 1 aromatic heterocycles. The van der Waals surface area contributed by atoms with Gasteiger partial charge < -0.3 is 5.32 Å². The Morgan fingerprint density at radius 2 is 2.10 bits per heavy atom. The van der Waals surface area contributed by atoms with Gasteiger partial charge in [-0.25, -0.2) is 4.98 Å². The van der Waals surface area contributed by atoms with E-state index in [1.165, 1.54) is 25.7 Å². The van der Waals surface area contributed by atoms with Gasteiger partial charge >= 0.3 is 0 Å². The van der Waals surface area contributed by atoms with Crippen molar-refractivity contribution in [3.63, 3.8) is 0 Å². The van der Waals surface area contributed by atoms with E-state index < -0.39 is 0 Å². The summed E-state index contributed by atoms with van der Waals surface area (Å²) in [5.74, 6) is 0.0452. The van der Waals surface area contributed by atoms with E-state index in [1.807, 2.05) is 6.92 Å². The van der Waals surface area contributed by atoms with Gasteiger partial charge in [0, 0.05) is 6.54 Å². The average molecular weight is 295 g/mol. The second kappa shape index (κ2) is 7.74. The molecule has 1 aliphatic rings. The fraction of sp³-hybridized carbons (Fsp3) is 0.733. The lowest BCUT2D eigenvalue weighted by Crippen LogP contribution is -2.24. The largest absolute Gasteiger partial charge is 0.351 e. The molecule has 0 aromatic carbocycles. The molecule has 0 spiro atoms. The lowest BCUT2D eigenvalue weighted by Gasteiger charge is -2.11. The van der Waals surface area contributed by atoms with E-state index in [1.54, 1.807) is 11.3 Å². The SMILES string of the molecule is CCCCCNC(=O)c1sc(CN2CCCC2)nc1C. The van der Waals surface area contributed by atoms with Gasteiger partial charge in [0.05, 0.1) is 12.2 Å². The molecule has 0 unspecified atom stereocenters. The molecule has 5 heteroatoms. The molecule has 2 heterocycles. The zero-order valence-corrected chi connectivity index (χ0v) is 13.4. The third-order valence-electron chi connectivity index (χ3n) is 3.67. The number of nitrogens with one attached hydrogen (secondary N) is 1. The number of aryl methyl sites for hydroxylation is 1. The average Bonchev–Trinajstić information content (AvgIpc) is 3.05. The van der Waals surface area contributed by atoms with Gasteiger partial charge in [-0.15, -0.1) is 11.3 Å². The zero-order chi connectivity index (χ0) is 14.4. The highest BCUT2D eigenvalue weighted by Crippen LogP contribution is 2.21. The highest BCUT2D eigenvalue weighted by Gasteiger charge is 2.18. The van der Waals surface area contributed by atoms with Crippen molar-refractivity contribution >= 4 is 17.2 Å². The van der Waals surface area contributed by atoms with Gasteiger partial charge in [-0.3, -0.25) is 9.69 Å². The molecule has 1 saturated heterocycles. The van der Waals surface area contributed by atoms with Crippen LogP contribution in [0.4, 0.5) is 0 Å². The minimum atomic E-state index is 0.0452. The van der Waals surface area contributed by atoms with Crippen molar-refractivity contribution in [1.82, 2.24) is 15.2 Å². The number of carbonyl (C=O) groups excluding carboxylic acids is 1. The lowest BCUT2D eigenvalue weighted by atomic mass is 10.2. The van der Waals surface area contributed by atoms with Crippen LogP contribution in [0.5, 0.6) is 0 Å². The Kier molecular flexibility index (Phi) is 5.98. The fourth-order valence-corrected chi connectivity index (χ4v) is 3.54. The number of carbonyl (C=O) groups is 1. The summed E-state index contributed by atoms with van der Waals surface area (Å²) in [6.45, 7) is 8.10. The van der Waals surface area contributed by atoms with Crippen molar-refractivity contribution in [3.05, 3.63) is 15.6 Å². The maximum Gasteiger partial charge on any atom is 0.263 e. The number of nitrogens with zero attached hydrogens (tertiary/aromatic N) is 2. The van der Waals surface area contributed by atoms with E-state index >= 15 is 0 Å². The first-order valence-corrected chi connectivity index (χ1v) is 8.49. The minimum Gasteiger partial charge on any atom is -0.351 e.